The highest BCUT2D eigenvalue weighted by molar-refractivity contribution is 5.93. The van der Waals surface area contributed by atoms with E-state index >= 15 is 0 Å². The maximum Gasteiger partial charge on any atom is 0.338 e. The fourth-order valence-corrected chi connectivity index (χ4v) is 3.76. The number of carbonyl (C=O) groups is 2. The fourth-order valence-electron chi connectivity index (χ4n) is 3.76. The van der Waals surface area contributed by atoms with E-state index in [-0.39, 0.29) is 18.1 Å². The molecule has 0 saturated carbocycles. The van der Waals surface area contributed by atoms with E-state index in [2.05, 4.69) is 15.5 Å². The summed E-state index contributed by atoms with van der Waals surface area (Å²) in [5, 5.41) is 11.4. The Bertz CT molecular complexity index is 1670. The topological polar surface area (TPSA) is 125 Å². The Balaban J connectivity index is 1.29. The zero-order chi connectivity index (χ0) is 25.9. The Morgan fingerprint density at radius 1 is 0.865 bits per heavy atom. The van der Waals surface area contributed by atoms with Gasteiger partial charge in [-0.1, -0.05) is 17.7 Å². The highest BCUT2D eigenvalue weighted by Gasteiger charge is 2.14. The standard InChI is InChI=1S/C28H21N3O6/c1-16-3-5-18(6-4-16)26-30-31-27(37-26)19-7-9-20(10-8-19)28(34)35-15-21-13-25(33)36-24-14-22(29-17(2)32)11-12-23(21)24/h3-14H,15H2,1-2H3,(H,29,32). The molecule has 37 heavy (non-hydrogen) atoms. The van der Waals surface area contributed by atoms with Gasteiger partial charge in [0, 0.05) is 46.8 Å². The second-order valence-corrected chi connectivity index (χ2v) is 8.41. The van der Waals surface area contributed by atoms with Gasteiger partial charge in [0.25, 0.3) is 0 Å². The lowest BCUT2D eigenvalue weighted by Crippen LogP contribution is -2.09. The van der Waals surface area contributed by atoms with E-state index in [0.29, 0.717) is 39.5 Å². The van der Waals surface area contributed by atoms with Crippen molar-refractivity contribution in [1.82, 2.24) is 10.2 Å². The lowest BCUT2D eigenvalue weighted by atomic mass is 10.1. The highest BCUT2D eigenvalue weighted by atomic mass is 16.5. The number of ether oxygens (including phenoxy) is 1. The molecule has 184 valence electrons. The lowest BCUT2D eigenvalue weighted by Gasteiger charge is -2.09. The molecule has 5 aromatic rings. The summed E-state index contributed by atoms with van der Waals surface area (Å²) in [7, 11) is 0. The first-order chi connectivity index (χ1) is 17.9. The quantitative estimate of drug-likeness (QED) is 0.254. The van der Waals surface area contributed by atoms with Crippen molar-refractivity contribution < 1.29 is 23.2 Å². The van der Waals surface area contributed by atoms with Crippen molar-refractivity contribution in [3.8, 4) is 22.9 Å². The van der Waals surface area contributed by atoms with Crippen LogP contribution >= 0.6 is 0 Å². The number of aryl methyl sites for hydroxylation is 1. The van der Waals surface area contributed by atoms with Crippen LogP contribution in [-0.4, -0.2) is 22.1 Å². The molecule has 5 rings (SSSR count). The molecule has 0 spiro atoms. The van der Waals surface area contributed by atoms with Crippen molar-refractivity contribution in [2.75, 3.05) is 5.32 Å². The molecule has 2 aromatic heterocycles. The average molecular weight is 495 g/mol. The van der Waals surface area contributed by atoms with Gasteiger partial charge in [0.2, 0.25) is 17.7 Å². The summed E-state index contributed by atoms with van der Waals surface area (Å²) in [4.78, 5) is 36.0. The maximum absolute atomic E-state index is 12.7. The molecular weight excluding hydrogens is 474 g/mol. The summed E-state index contributed by atoms with van der Waals surface area (Å²) in [6.45, 7) is 3.25. The third-order valence-electron chi connectivity index (χ3n) is 5.60. The smallest absolute Gasteiger partial charge is 0.338 e. The van der Waals surface area contributed by atoms with Gasteiger partial charge in [-0.2, -0.15) is 0 Å². The zero-order valence-electron chi connectivity index (χ0n) is 20.0. The minimum absolute atomic E-state index is 0.133. The first-order valence-corrected chi connectivity index (χ1v) is 11.4. The summed E-state index contributed by atoms with van der Waals surface area (Å²) >= 11 is 0. The second-order valence-electron chi connectivity index (χ2n) is 8.41. The molecule has 0 aliphatic heterocycles. The predicted octanol–water partition coefficient (Wildman–Crippen LogP) is 5.13. The van der Waals surface area contributed by atoms with Crippen LogP contribution in [0.15, 0.2) is 86.4 Å². The molecule has 0 aliphatic rings. The molecule has 0 atom stereocenters. The molecule has 0 fully saturated rings. The Labute approximate surface area is 210 Å². The summed E-state index contributed by atoms with van der Waals surface area (Å²) in [6.07, 6.45) is 0. The van der Waals surface area contributed by atoms with Gasteiger partial charge in [0.1, 0.15) is 12.2 Å². The van der Waals surface area contributed by atoms with Crippen molar-refractivity contribution in [2.45, 2.75) is 20.5 Å². The minimum atomic E-state index is -0.590. The number of nitrogens with one attached hydrogen (secondary N) is 1. The Hall–Kier alpha value is -5.05. The van der Waals surface area contributed by atoms with Crippen LogP contribution in [0.1, 0.15) is 28.4 Å². The predicted molar refractivity (Wildman–Crippen MR) is 136 cm³/mol. The molecule has 1 N–H and O–H groups in total. The van der Waals surface area contributed by atoms with Crippen LogP contribution in [0.5, 0.6) is 0 Å². The normalized spacial score (nSPS) is 10.9. The van der Waals surface area contributed by atoms with Gasteiger partial charge in [-0.05, 0) is 55.5 Å². The largest absolute Gasteiger partial charge is 0.457 e. The molecule has 0 aliphatic carbocycles. The van der Waals surface area contributed by atoms with Gasteiger partial charge in [0.15, 0.2) is 0 Å². The highest BCUT2D eigenvalue weighted by Crippen LogP contribution is 2.25. The van der Waals surface area contributed by atoms with Gasteiger partial charge >= 0.3 is 11.6 Å². The molecule has 0 saturated heterocycles. The Kier molecular flexibility index (Phi) is 6.34. The van der Waals surface area contributed by atoms with Gasteiger partial charge in [-0.15, -0.1) is 10.2 Å². The van der Waals surface area contributed by atoms with E-state index in [1.807, 2.05) is 31.2 Å². The molecule has 1 amide bonds. The van der Waals surface area contributed by atoms with Crippen molar-refractivity contribution in [3.63, 3.8) is 0 Å². The van der Waals surface area contributed by atoms with Crippen LogP contribution in [0.4, 0.5) is 5.69 Å². The number of benzene rings is 3. The van der Waals surface area contributed by atoms with Gasteiger partial charge in [-0.3, -0.25) is 4.79 Å². The fraction of sp³-hybridized carbons (Fsp3) is 0.107. The van der Waals surface area contributed by atoms with E-state index in [1.165, 1.54) is 13.0 Å². The molecule has 0 unspecified atom stereocenters. The van der Waals surface area contributed by atoms with Crippen LogP contribution in [-0.2, 0) is 16.1 Å². The summed E-state index contributed by atoms with van der Waals surface area (Å²) in [5.74, 6) is -0.0730. The van der Waals surface area contributed by atoms with Crippen LogP contribution in [0.3, 0.4) is 0 Å². The number of rotatable bonds is 6. The number of esters is 1. The maximum atomic E-state index is 12.7. The first-order valence-electron chi connectivity index (χ1n) is 11.4. The number of hydrogen-bond donors (Lipinski definition) is 1. The van der Waals surface area contributed by atoms with Crippen molar-refractivity contribution in [2.24, 2.45) is 0 Å². The van der Waals surface area contributed by atoms with Crippen LogP contribution < -0.4 is 10.9 Å². The van der Waals surface area contributed by atoms with Crippen LogP contribution in [0.2, 0.25) is 0 Å². The van der Waals surface area contributed by atoms with Gasteiger partial charge in [0.05, 0.1) is 5.56 Å². The monoisotopic (exact) mass is 495 g/mol. The van der Waals surface area contributed by atoms with Crippen molar-refractivity contribution in [3.05, 3.63) is 99.9 Å². The summed E-state index contributed by atoms with van der Waals surface area (Å²) in [5.41, 5.74) is 3.59. The third-order valence-corrected chi connectivity index (χ3v) is 5.60. The molecule has 0 radical (unpaired) electrons. The number of amides is 1. The first kappa shape index (κ1) is 23.7. The van der Waals surface area contributed by atoms with E-state index in [9.17, 15) is 14.4 Å². The summed E-state index contributed by atoms with van der Waals surface area (Å²) < 4.78 is 16.5. The van der Waals surface area contributed by atoms with Crippen LogP contribution in [0.25, 0.3) is 33.9 Å². The number of fused-ring (bicyclic) bond motifs is 1. The number of hydrogen-bond acceptors (Lipinski definition) is 8. The van der Waals surface area contributed by atoms with E-state index < -0.39 is 11.6 Å². The number of anilines is 1. The molecular formula is C28H21N3O6. The zero-order valence-corrected chi connectivity index (χ0v) is 20.0. The average Bonchev–Trinajstić information content (AvgIpc) is 3.37. The molecule has 9 nitrogen and oxygen atoms in total. The van der Waals surface area contributed by atoms with Gasteiger partial charge in [-0.25, -0.2) is 9.59 Å². The van der Waals surface area contributed by atoms with Gasteiger partial charge < -0.3 is 18.9 Å². The third kappa shape index (κ3) is 5.30. The molecule has 3 aromatic carbocycles. The number of nitrogens with zero attached hydrogens (tertiary/aromatic N) is 2. The SMILES string of the molecule is CC(=O)Nc1ccc2c(COC(=O)c3ccc(-c4nnc(-c5ccc(C)cc5)o4)cc3)cc(=O)oc2c1. The lowest BCUT2D eigenvalue weighted by molar-refractivity contribution is -0.114. The van der Waals surface area contributed by atoms with Crippen molar-refractivity contribution in [1.29, 1.82) is 0 Å². The van der Waals surface area contributed by atoms with E-state index in [0.717, 1.165) is 11.1 Å². The summed E-state index contributed by atoms with van der Waals surface area (Å²) in [6, 6.07) is 20.5. The number of aromatic nitrogens is 2. The molecule has 2 heterocycles. The van der Waals surface area contributed by atoms with E-state index in [4.69, 9.17) is 13.6 Å². The second kappa shape index (κ2) is 9.90. The number of carbonyl (C=O) groups excluding carboxylic acids is 2. The molecule has 0 bridgehead atoms. The Morgan fingerprint density at radius 3 is 2.16 bits per heavy atom. The minimum Gasteiger partial charge on any atom is -0.457 e. The van der Waals surface area contributed by atoms with E-state index in [1.54, 1.807) is 42.5 Å². The molecule has 9 heteroatoms. The van der Waals surface area contributed by atoms with Crippen molar-refractivity contribution >= 4 is 28.5 Å². The Morgan fingerprint density at radius 2 is 1.51 bits per heavy atom. The van der Waals surface area contributed by atoms with Crippen LogP contribution in [0, 0.1) is 6.92 Å².